The Morgan fingerprint density at radius 3 is 2.56 bits per heavy atom. The van der Waals surface area contributed by atoms with Gasteiger partial charge < -0.3 is 20.3 Å². The van der Waals surface area contributed by atoms with Gasteiger partial charge in [-0.05, 0) is 51.4 Å². The van der Waals surface area contributed by atoms with E-state index in [0.29, 0.717) is 0 Å². The third kappa shape index (κ3) is 8.25. The van der Waals surface area contributed by atoms with Crippen molar-refractivity contribution in [1.82, 2.24) is 15.5 Å². The number of nitrogens with zero attached hydrogens (tertiary/aromatic N) is 2. The van der Waals surface area contributed by atoms with Gasteiger partial charge in [0.2, 0.25) is 0 Å². The molecule has 0 bridgehead atoms. The molecule has 0 fully saturated rings. The first-order valence-electron chi connectivity index (χ1n) is 9.08. The highest BCUT2D eigenvalue weighted by atomic mass is 16.5. The number of guanidine groups is 1. The maximum absolute atomic E-state index is 5.46. The van der Waals surface area contributed by atoms with Crippen molar-refractivity contribution in [3.8, 4) is 5.75 Å². The third-order valence-electron chi connectivity index (χ3n) is 3.88. The van der Waals surface area contributed by atoms with Crippen LogP contribution in [0.15, 0.2) is 23.2 Å². The lowest BCUT2D eigenvalue weighted by Crippen LogP contribution is -2.40. The van der Waals surface area contributed by atoms with E-state index in [4.69, 9.17) is 9.73 Å². The predicted molar refractivity (Wildman–Crippen MR) is 108 cm³/mol. The Morgan fingerprint density at radius 1 is 1.24 bits per heavy atom. The molecule has 0 aliphatic rings. The van der Waals surface area contributed by atoms with Crippen molar-refractivity contribution in [1.29, 1.82) is 0 Å². The van der Waals surface area contributed by atoms with Crippen LogP contribution in [-0.2, 0) is 6.42 Å². The van der Waals surface area contributed by atoms with Crippen LogP contribution in [-0.4, -0.2) is 58.2 Å². The van der Waals surface area contributed by atoms with Crippen molar-refractivity contribution >= 4 is 5.96 Å². The quantitative estimate of drug-likeness (QED) is 0.532. The standard InChI is InChI=1S/C20H36N4O/c1-8-21-19(23-14-20(3,4)15-24(5)6)22-12-11-17-13-16(2)9-10-18(17)25-7/h9-10,13H,8,11-12,14-15H2,1-7H3,(H2,21,22,23). The summed E-state index contributed by atoms with van der Waals surface area (Å²) in [5, 5.41) is 6.76. The Morgan fingerprint density at radius 2 is 1.96 bits per heavy atom. The van der Waals surface area contributed by atoms with Gasteiger partial charge in [0, 0.05) is 26.2 Å². The van der Waals surface area contributed by atoms with Crippen molar-refractivity contribution in [2.75, 3.05) is 47.4 Å². The summed E-state index contributed by atoms with van der Waals surface area (Å²) >= 11 is 0. The first-order valence-corrected chi connectivity index (χ1v) is 9.08. The molecule has 0 heterocycles. The highest BCUT2D eigenvalue weighted by Crippen LogP contribution is 2.20. The van der Waals surface area contributed by atoms with Crippen LogP contribution >= 0.6 is 0 Å². The van der Waals surface area contributed by atoms with E-state index in [2.05, 4.69) is 69.5 Å². The zero-order chi connectivity index (χ0) is 18.9. The predicted octanol–water partition coefficient (Wildman–Crippen LogP) is 2.69. The average molecular weight is 349 g/mol. The molecule has 0 spiro atoms. The largest absolute Gasteiger partial charge is 0.496 e. The van der Waals surface area contributed by atoms with Crippen molar-refractivity contribution in [2.24, 2.45) is 10.4 Å². The molecular weight excluding hydrogens is 312 g/mol. The summed E-state index contributed by atoms with van der Waals surface area (Å²) in [6.07, 6.45) is 0.899. The van der Waals surface area contributed by atoms with Crippen molar-refractivity contribution in [2.45, 2.75) is 34.1 Å². The second-order valence-electron chi connectivity index (χ2n) is 7.59. The van der Waals surface area contributed by atoms with Gasteiger partial charge in [-0.2, -0.15) is 0 Å². The molecule has 0 aromatic heterocycles. The lowest BCUT2D eigenvalue weighted by molar-refractivity contribution is 0.248. The van der Waals surface area contributed by atoms with Crippen LogP contribution in [0.25, 0.3) is 0 Å². The Labute approximate surface area is 153 Å². The van der Waals surface area contributed by atoms with Gasteiger partial charge >= 0.3 is 0 Å². The summed E-state index contributed by atoms with van der Waals surface area (Å²) in [6.45, 7) is 12.2. The maximum Gasteiger partial charge on any atom is 0.191 e. The molecule has 5 heteroatoms. The van der Waals surface area contributed by atoms with E-state index in [1.165, 1.54) is 11.1 Å². The van der Waals surface area contributed by atoms with Crippen LogP contribution in [0.2, 0.25) is 0 Å². The van der Waals surface area contributed by atoms with E-state index in [-0.39, 0.29) is 5.41 Å². The second-order valence-corrected chi connectivity index (χ2v) is 7.59. The summed E-state index contributed by atoms with van der Waals surface area (Å²) in [4.78, 5) is 6.97. The molecule has 1 aromatic rings. The minimum atomic E-state index is 0.144. The molecule has 2 N–H and O–H groups in total. The van der Waals surface area contributed by atoms with Gasteiger partial charge in [0.05, 0.1) is 7.11 Å². The summed E-state index contributed by atoms with van der Waals surface area (Å²) in [7, 11) is 5.92. The zero-order valence-corrected chi connectivity index (χ0v) is 17.1. The molecular formula is C20H36N4O. The molecule has 1 rings (SSSR count). The van der Waals surface area contributed by atoms with E-state index in [9.17, 15) is 0 Å². The van der Waals surface area contributed by atoms with Crippen molar-refractivity contribution in [3.63, 3.8) is 0 Å². The molecule has 0 aliphatic carbocycles. The fourth-order valence-corrected chi connectivity index (χ4v) is 2.96. The van der Waals surface area contributed by atoms with E-state index in [1.807, 2.05) is 6.07 Å². The Hall–Kier alpha value is -1.75. The smallest absolute Gasteiger partial charge is 0.191 e. The lowest BCUT2D eigenvalue weighted by atomic mass is 9.93. The number of ether oxygens (including phenoxy) is 1. The number of methoxy groups -OCH3 is 1. The van der Waals surface area contributed by atoms with Crippen LogP contribution in [0.1, 0.15) is 31.9 Å². The molecule has 0 atom stereocenters. The number of benzene rings is 1. The first kappa shape index (κ1) is 21.3. The fraction of sp³-hybridized carbons (Fsp3) is 0.650. The molecule has 1 aromatic carbocycles. The van der Waals surface area contributed by atoms with E-state index < -0.39 is 0 Å². The van der Waals surface area contributed by atoms with Crippen molar-refractivity contribution < 1.29 is 4.74 Å². The Balaban J connectivity index is 2.64. The average Bonchev–Trinajstić information content (AvgIpc) is 2.51. The van der Waals surface area contributed by atoms with Crippen LogP contribution in [0.4, 0.5) is 0 Å². The topological polar surface area (TPSA) is 48.9 Å². The minimum Gasteiger partial charge on any atom is -0.496 e. The molecule has 5 nitrogen and oxygen atoms in total. The summed E-state index contributed by atoms with van der Waals surface area (Å²) in [5.74, 6) is 1.82. The number of rotatable bonds is 9. The Kier molecular flexibility index (Phi) is 8.76. The van der Waals surface area contributed by atoms with Gasteiger partial charge in [-0.1, -0.05) is 31.5 Å². The second kappa shape index (κ2) is 10.3. The minimum absolute atomic E-state index is 0.144. The number of hydrogen-bond acceptors (Lipinski definition) is 3. The molecule has 0 radical (unpaired) electrons. The molecule has 0 unspecified atom stereocenters. The number of aliphatic imine (C=N–C) groups is 1. The van der Waals surface area contributed by atoms with Crippen LogP contribution in [0.5, 0.6) is 5.75 Å². The normalized spacial score (nSPS) is 12.4. The molecule has 142 valence electrons. The van der Waals surface area contributed by atoms with Gasteiger partial charge in [0.25, 0.3) is 0 Å². The molecule has 0 amide bonds. The molecule has 0 saturated carbocycles. The first-order chi connectivity index (χ1) is 11.8. The van der Waals surface area contributed by atoms with Crippen LogP contribution < -0.4 is 15.4 Å². The number of hydrogen-bond donors (Lipinski definition) is 2. The van der Waals surface area contributed by atoms with Gasteiger partial charge in [0.15, 0.2) is 5.96 Å². The fourth-order valence-electron chi connectivity index (χ4n) is 2.96. The number of nitrogens with one attached hydrogen (secondary N) is 2. The van der Waals surface area contributed by atoms with Crippen LogP contribution in [0.3, 0.4) is 0 Å². The maximum atomic E-state index is 5.46. The highest BCUT2D eigenvalue weighted by Gasteiger charge is 2.18. The summed E-state index contributed by atoms with van der Waals surface area (Å²) in [6, 6.07) is 6.30. The Bertz CT molecular complexity index is 553. The van der Waals surface area contributed by atoms with Gasteiger partial charge in [-0.3, -0.25) is 4.99 Å². The van der Waals surface area contributed by atoms with Gasteiger partial charge in [-0.25, -0.2) is 0 Å². The lowest BCUT2D eigenvalue weighted by Gasteiger charge is -2.26. The summed E-state index contributed by atoms with van der Waals surface area (Å²) < 4.78 is 5.46. The molecule has 0 aliphatic heterocycles. The molecule has 25 heavy (non-hydrogen) atoms. The van der Waals surface area contributed by atoms with E-state index >= 15 is 0 Å². The monoisotopic (exact) mass is 348 g/mol. The van der Waals surface area contributed by atoms with Gasteiger partial charge in [-0.15, -0.1) is 0 Å². The van der Waals surface area contributed by atoms with Crippen molar-refractivity contribution in [3.05, 3.63) is 29.3 Å². The summed E-state index contributed by atoms with van der Waals surface area (Å²) in [5.41, 5.74) is 2.62. The molecule has 0 saturated heterocycles. The highest BCUT2D eigenvalue weighted by molar-refractivity contribution is 5.79. The van der Waals surface area contributed by atoms with Crippen LogP contribution in [0, 0.1) is 12.3 Å². The number of aryl methyl sites for hydroxylation is 1. The van der Waals surface area contributed by atoms with E-state index in [1.54, 1.807) is 7.11 Å². The van der Waals surface area contributed by atoms with E-state index in [0.717, 1.165) is 44.3 Å². The SMILES string of the molecule is CCNC(=NCC(C)(C)CN(C)C)NCCc1cc(C)ccc1OC. The third-order valence-corrected chi connectivity index (χ3v) is 3.88. The zero-order valence-electron chi connectivity index (χ0n) is 17.1. The van der Waals surface area contributed by atoms with Gasteiger partial charge in [0.1, 0.15) is 5.75 Å².